The Morgan fingerprint density at radius 2 is 2.00 bits per heavy atom. The second kappa shape index (κ2) is 8.30. The van der Waals surface area contributed by atoms with Crippen molar-refractivity contribution in [1.82, 2.24) is 15.3 Å². The zero-order valence-corrected chi connectivity index (χ0v) is 14.2. The van der Waals surface area contributed by atoms with Crippen LogP contribution in [0.3, 0.4) is 0 Å². The van der Waals surface area contributed by atoms with Crippen molar-refractivity contribution in [2.75, 3.05) is 24.7 Å². The molecule has 7 nitrogen and oxygen atoms in total. The molecule has 0 unspecified atom stereocenters. The number of carbonyl (C=O) groups is 2. The minimum atomic E-state index is -0.352. The number of anilines is 1. The topological polar surface area (TPSA) is 95.2 Å². The number of aromatic nitrogens is 2. The van der Waals surface area contributed by atoms with Crippen molar-refractivity contribution in [3.8, 4) is 0 Å². The monoisotopic (exact) mass is 346 g/mol. The van der Waals surface area contributed by atoms with Crippen LogP contribution in [0, 0.1) is 0 Å². The number of para-hydroxylation sites is 1. The van der Waals surface area contributed by atoms with E-state index in [1.807, 2.05) is 30.3 Å². The molecule has 0 saturated carbocycles. The molecule has 2 amide bonds. The minimum Gasteiger partial charge on any atom is -0.359 e. The number of likely N-dealkylation sites (N-methyl/N-ethyl adjacent to an activating group) is 1. The molecule has 0 radical (unpaired) electrons. The van der Waals surface area contributed by atoms with Gasteiger partial charge in [0, 0.05) is 25.8 Å². The average molecular weight is 346 g/mol. The Bertz CT molecular complexity index is 776. The fourth-order valence-corrected chi connectivity index (χ4v) is 2.73. The number of amides is 2. The molecule has 0 aliphatic carbocycles. The standard InChI is InChI=1S/C16H18N4O3S/c1-17-13(21)8-11-9-14(22)19-16(18-11)24-10-15(23)20(2)12-6-4-3-5-7-12/h3-7,9H,8,10H2,1-2H3,(H,17,21)(H,18,19,22). The highest BCUT2D eigenvalue weighted by Crippen LogP contribution is 2.16. The van der Waals surface area contributed by atoms with Gasteiger partial charge in [-0.1, -0.05) is 30.0 Å². The van der Waals surface area contributed by atoms with Crippen molar-refractivity contribution in [3.05, 3.63) is 52.4 Å². The number of thioether (sulfide) groups is 1. The first-order valence-electron chi connectivity index (χ1n) is 7.25. The maximum atomic E-state index is 12.2. The molecule has 0 saturated heterocycles. The van der Waals surface area contributed by atoms with Crippen molar-refractivity contribution in [3.63, 3.8) is 0 Å². The number of hydrogen-bond acceptors (Lipinski definition) is 5. The van der Waals surface area contributed by atoms with Crippen LogP contribution >= 0.6 is 11.8 Å². The molecule has 8 heteroatoms. The maximum absolute atomic E-state index is 12.2. The Balaban J connectivity index is 2.02. The number of hydrogen-bond donors (Lipinski definition) is 2. The van der Waals surface area contributed by atoms with Gasteiger partial charge in [0.15, 0.2) is 5.16 Å². The SMILES string of the molecule is CNC(=O)Cc1cc(=O)[nH]c(SCC(=O)N(C)c2ccccc2)n1. The normalized spacial score (nSPS) is 10.2. The zero-order chi connectivity index (χ0) is 17.5. The summed E-state index contributed by atoms with van der Waals surface area (Å²) in [6, 6.07) is 10.5. The number of nitrogens with one attached hydrogen (secondary N) is 2. The smallest absolute Gasteiger partial charge is 0.251 e. The van der Waals surface area contributed by atoms with Crippen LogP contribution in [0.1, 0.15) is 5.69 Å². The predicted octanol–water partition coefficient (Wildman–Crippen LogP) is 0.813. The number of rotatable bonds is 6. The molecule has 24 heavy (non-hydrogen) atoms. The maximum Gasteiger partial charge on any atom is 0.251 e. The zero-order valence-electron chi connectivity index (χ0n) is 13.4. The second-order valence-corrected chi connectivity index (χ2v) is 5.93. The van der Waals surface area contributed by atoms with Crippen molar-refractivity contribution in [2.24, 2.45) is 0 Å². The first-order valence-corrected chi connectivity index (χ1v) is 8.23. The highest BCUT2D eigenvalue weighted by atomic mass is 32.2. The van der Waals surface area contributed by atoms with Crippen LogP contribution in [0.5, 0.6) is 0 Å². The van der Waals surface area contributed by atoms with Gasteiger partial charge in [0.1, 0.15) is 0 Å². The quantitative estimate of drug-likeness (QED) is 0.596. The number of aromatic amines is 1. The van der Waals surface area contributed by atoms with E-state index >= 15 is 0 Å². The molecular weight excluding hydrogens is 328 g/mol. The lowest BCUT2D eigenvalue weighted by Gasteiger charge is -2.16. The molecular formula is C16H18N4O3S. The molecule has 0 fully saturated rings. The van der Waals surface area contributed by atoms with Crippen molar-refractivity contribution in [2.45, 2.75) is 11.6 Å². The third-order valence-corrected chi connectivity index (χ3v) is 4.10. The van der Waals surface area contributed by atoms with E-state index in [4.69, 9.17) is 0 Å². The van der Waals surface area contributed by atoms with Gasteiger partial charge in [-0.05, 0) is 12.1 Å². The van der Waals surface area contributed by atoms with Gasteiger partial charge in [0.25, 0.3) is 5.56 Å². The van der Waals surface area contributed by atoms with E-state index in [1.54, 1.807) is 11.9 Å². The molecule has 2 aromatic rings. The first-order chi connectivity index (χ1) is 11.5. The van der Waals surface area contributed by atoms with Crippen molar-refractivity contribution in [1.29, 1.82) is 0 Å². The molecule has 0 atom stereocenters. The average Bonchev–Trinajstić information content (AvgIpc) is 2.59. The van der Waals surface area contributed by atoms with E-state index in [1.165, 1.54) is 13.1 Å². The van der Waals surface area contributed by atoms with Crippen molar-refractivity contribution >= 4 is 29.3 Å². The molecule has 0 aliphatic heterocycles. The summed E-state index contributed by atoms with van der Waals surface area (Å²) in [6.07, 6.45) is 0.0197. The summed E-state index contributed by atoms with van der Waals surface area (Å²) in [7, 11) is 3.21. The highest BCUT2D eigenvalue weighted by Gasteiger charge is 2.13. The van der Waals surface area contributed by atoms with E-state index in [9.17, 15) is 14.4 Å². The third-order valence-electron chi connectivity index (χ3n) is 3.24. The fraction of sp³-hybridized carbons (Fsp3) is 0.250. The molecule has 0 spiro atoms. The van der Waals surface area contributed by atoms with Gasteiger partial charge in [-0.2, -0.15) is 0 Å². The van der Waals surface area contributed by atoms with Crippen LogP contribution in [0.2, 0.25) is 0 Å². The Hall–Kier alpha value is -2.61. The summed E-state index contributed by atoms with van der Waals surface area (Å²) in [5.74, 6) is -0.230. The summed E-state index contributed by atoms with van der Waals surface area (Å²) in [5.41, 5.74) is 0.803. The Kier molecular flexibility index (Phi) is 6.14. The van der Waals surface area contributed by atoms with Crippen LogP contribution in [0.25, 0.3) is 0 Å². The van der Waals surface area contributed by atoms with Gasteiger partial charge in [-0.15, -0.1) is 0 Å². The third kappa shape index (κ3) is 4.95. The minimum absolute atomic E-state index is 0.0197. The Morgan fingerprint density at radius 1 is 1.29 bits per heavy atom. The Labute approximate surface area is 143 Å². The van der Waals surface area contributed by atoms with Gasteiger partial charge in [0.05, 0.1) is 17.9 Å². The van der Waals surface area contributed by atoms with E-state index in [-0.39, 0.29) is 29.5 Å². The number of H-pyrrole nitrogens is 1. The molecule has 126 valence electrons. The molecule has 2 N–H and O–H groups in total. The number of nitrogens with zero attached hydrogens (tertiary/aromatic N) is 2. The summed E-state index contributed by atoms with van der Waals surface area (Å²) in [4.78, 5) is 43.6. The lowest BCUT2D eigenvalue weighted by molar-refractivity contribution is -0.120. The molecule has 2 rings (SSSR count). The van der Waals surface area contributed by atoms with Gasteiger partial charge in [-0.25, -0.2) is 4.98 Å². The second-order valence-electron chi connectivity index (χ2n) is 4.97. The lowest BCUT2D eigenvalue weighted by atomic mass is 10.3. The summed E-state index contributed by atoms with van der Waals surface area (Å²) < 4.78 is 0. The van der Waals surface area contributed by atoms with E-state index in [0.717, 1.165) is 17.4 Å². The molecule has 1 aromatic heterocycles. The molecule has 1 heterocycles. The molecule has 0 bridgehead atoms. The van der Waals surface area contributed by atoms with Crippen LogP contribution in [0.15, 0.2) is 46.3 Å². The van der Waals surface area contributed by atoms with Crippen LogP contribution < -0.4 is 15.8 Å². The first kappa shape index (κ1) is 17.7. The summed E-state index contributed by atoms with van der Waals surface area (Å²) in [5, 5.41) is 2.79. The van der Waals surface area contributed by atoms with E-state index < -0.39 is 0 Å². The largest absolute Gasteiger partial charge is 0.359 e. The highest BCUT2D eigenvalue weighted by molar-refractivity contribution is 7.99. The van der Waals surface area contributed by atoms with E-state index in [2.05, 4.69) is 15.3 Å². The number of carbonyl (C=O) groups excluding carboxylic acids is 2. The van der Waals surface area contributed by atoms with Gasteiger partial charge in [-0.3, -0.25) is 14.4 Å². The van der Waals surface area contributed by atoms with Crippen LogP contribution in [-0.4, -0.2) is 41.6 Å². The predicted molar refractivity (Wildman–Crippen MR) is 93.2 cm³/mol. The molecule has 0 aliphatic rings. The Morgan fingerprint density at radius 3 is 2.67 bits per heavy atom. The van der Waals surface area contributed by atoms with Gasteiger partial charge >= 0.3 is 0 Å². The van der Waals surface area contributed by atoms with Crippen LogP contribution in [0.4, 0.5) is 5.69 Å². The van der Waals surface area contributed by atoms with E-state index in [0.29, 0.717) is 10.9 Å². The lowest BCUT2D eigenvalue weighted by Crippen LogP contribution is -2.28. The molecule has 1 aromatic carbocycles. The fourth-order valence-electron chi connectivity index (χ4n) is 1.92. The van der Waals surface area contributed by atoms with Gasteiger partial charge < -0.3 is 15.2 Å². The van der Waals surface area contributed by atoms with Crippen LogP contribution in [-0.2, 0) is 16.0 Å². The van der Waals surface area contributed by atoms with Gasteiger partial charge in [0.2, 0.25) is 11.8 Å². The number of benzene rings is 1. The van der Waals surface area contributed by atoms with Crippen molar-refractivity contribution < 1.29 is 9.59 Å². The summed E-state index contributed by atoms with van der Waals surface area (Å²) in [6.45, 7) is 0. The summed E-state index contributed by atoms with van der Waals surface area (Å²) >= 11 is 1.12.